The number of aryl methyl sites for hydroxylation is 1. The fourth-order valence-electron chi connectivity index (χ4n) is 3.56. The van der Waals surface area contributed by atoms with Crippen molar-refractivity contribution in [1.29, 1.82) is 0 Å². The highest BCUT2D eigenvalue weighted by molar-refractivity contribution is 5.96. The molecule has 1 aromatic heterocycles. The molecule has 0 saturated heterocycles. The fraction of sp³-hybridized carbons (Fsp3) is 0.167. The normalized spacial score (nSPS) is 13.6. The first-order chi connectivity index (χ1) is 14.1. The molecule has 5 rings (SSSR count). The standard InChI is InChI=1S/C24H20FN3O/c1-15-2-3-17(24(29)27-20-7-8-20)13-22(15)16-4-11-23-18(12-16)14-26-28(23)21-9-5-19(25)6-10-21/h2-6,9-14,20H,7-8H2,1H3,(H,27,29). The van der Waals surface area contributed by atoms with Gasteiger partial charge in [-0.15, -0.1) is 0 Å². The SMILES string of the molecule is Cc1ccc(C(=O)NC2CC2)cc1-c1ccc2c(cnn2-c2ccc(F)cc2)c1. The van der Waals surface area contributed by atoms with E-state index in [4.69, 9.17) is 0 Å². The number of fused-ring (bicyclic) bond motifs is 1. The third kappa shape index (κ3) is 3.40. The van der Waals surface area contributed by atoms with Crippen molar-refractivity contribution >= 4 is 16.8 Å². The summed E-state index contributed by atoms with van der Waals surface area (Å²) in [6, 6.07) is 18.6. The summed E-state index contributed by atoms with van der Waals surface area (Å²) in [6.45, 7) is 2.05. The molecule has 1 fully saturated rings. The molecule has 1 aliphatic rings. The quantitative estimate of drug-likeness (QED) is 0.535. The van der Waals surface area contributed by atoms with Crippen LogP contribution in [0.4, 0.5) is 4.39 Å². The second-order valence-electron chi connectivity index (χ2n) is 7.58. The zero-order chi connectivity index (χ0) is 20.0. The van der Waals surface area contributed by atoms with Crippen LogP contribution in [0.3, 0.4) is 0 Å². The number of carbonyl (C=O) groups excluding carboxylic acids is 1. The zero-order valence-electron chi connectivity index (χ0n) is 16.0. The van der Waals surface area contributed by atoms with Crippen LogP contribution < -0.4 is 5.32 Å². The molecule has 0 radical (unpaired) electrons. The largest absolute Gasteiger partial charge is 0.349 e. The molecule has 0 bridgehead atoms. The van der Waals surface area contributed by atoms with Crippen LogP contribution >= 0.6 is 0 Å². The van der Waals surface area contributed by atoms with Crippen LogP contribution in [0, 0.1) is 12.7 Å². The van der Waals surface area contributed by atoms with Crippen LogP contribution in [-0.4, -0.2) is 21.7 Å². The Labute approximate surface area is 168 Å². The van der Waals surface area contributed by atoms with Crippen LogP contribution in [0.25, 0.3) is 27.7 Å². The van der Waals surface area contributed by atoms with Crippen LogP contribution in [0.15, 0.2) is 66.9 Å². The Morgan fingerprint density at radius 3 is 2.62 bits per heavy atom. The van der Waals surface area contributed by atoms with Crippen molar-refractivity contribution in [3.8, 4) is 16.8 Å². The first kappa shape index (κ1) is 17.6. The second-order valence-corrected chi connectivity index (χ2v) is 7.58. The Bertz CT molecular complexity index is 1220. The molecule has 1 amide bonds. The topological polar surface area (TPSA) is 46.9 Å². The summed E-state index contributed by atoms with van der Waals surface area (Å²) in [7, 11) is 0. The third-order valence-electron chi connectivity index (χ3n) is 5.36. The lowest BCUT2D eigenvalue weighted by molar-refractivity contribution is 0.0951. The van der Waals surface area contributed by atoms with Gasteiger partial charge in [-0.2, -0.15) is 5.10 Å². The fourth-order valence-corrected chi connectivity index (χ4v) is 3.56. The minimum absolute atomic E-state index is 0.0149. The van der Waals surface area contributed by atoms with E-state index in [2.05, 4.69) is 16.5 Å². The third-order valence-corrected chi connectivity index (χ3v) is 5.36. The van der Waals surface area contributed by atoms with Crippen LogP contribution in [0.1, 0.15) is 28.8 Å². The molecular formula is C24H20FN3O. The van der Waals surface area contributed by atoms with Gasteiger partial charge in [0.1, 0.15) is 5.82 Å². The number of aromatic nitrogens is 2. The number of hydrogen-bond donors (Lipinski definition) is 1. The molecule has 1 N–H and O–H groups in total. The van der Waals surface area contributed by atoms with Gasteiger partial charge in [-0.1, -0.05) is 12.1 Å². The van der Waals surface area contributed by atoms with Crippen molar-refractivity contribution in [3.05, 3.63) is 83.8 Å². The van der Waals surface area contributed by atoms with Gasteiger partial charge in [0.2, 0.25) is 0 Å². The first-order valence-corrected chi connectivity index (χ1v) is 9.74. The maximum Gasteiger partial charge on any atom is 0.251 e. The lowest BCUT2D eigenvalue weighted by atomic mass is 9.97. The molecule has 1 heterocycles. The summed E-state index contributed by atoms with van der Waals surface area (Å²) in [5.74, 6) is -0.285. The van der Waals surface area contributed by atoms with Gasteiger partial charge in [0.25, 0.3) is 5.91 Å². The molecule has 4 nitrogen and oxygen atoms in total. The number of rotatable bonds is 4. The Kier molecular flexibility index (Phi) is 4.16. The monoisotopic (exact) mass is 385 g/mol. The van der Waals surface area contributed by atoms with E-state index in [9.17, 15) is 9.18 Å². The van der Waals surface area contributed by atoms with Crippen LogP contribution in [-0.2, 0) is 0 Å². The van der Waals surface area contributed by atoms with E-state index in [1.54, 1.807) is 23.0 Å². The predicted octanol–water partition coefficient (Wildman–Crippen LogP) is 5.03. The second kappa shape index (κ2) is 6.85. The predicted molar refractivity (Wildman–Crippen MR) is 112 cm³/mol. The average molecular weight is 385 g/mol. The lowest BCUT2D eigenvalue weighted by Gasteiger charge is -2.10. The van der Waals surface area contributed by atoms with Crippen LogP contribution in [0.5, 0.6) is 0 Å². The summed E-state index contributed by atoms with van der Waals surface area (Å²) in [4.78, 5) is 12.4. The smallest absolute Gasteiger partial charge is 0.251 e. The Morgan fingerprint density at radius 2 is 1.86 bits per heavy atom. The van der Waals surface area contributed by atoms with E-state index in [-0.39, 0.29) is 11.7 Å². The van der Waals surface area contributed by atoms with Crippen molar-refractivity contribution in [1.82, 2.24) is 15.1 Å². The minimum atomic E-state index is -0.270. The average Bonchev–Trinajstić information content (AvgIpc) is 3.44. The number of nitrogens with one attached hydrogen (secondary N) is 1. The van der Waals surface area contributed by atoms with E-state index >= 15 is 0 Å². The van der Waals surface area contributed by atoms with Crippen molar-refractivity contribution in [2.45, 2.75) is 25.8 Å². The molecule has 0 unspecified atom stereocenters. The van der Waals surface area contributed by atoms with Gasteiger partial charge in [0.15, 0.2) is 0 Å². The molecule has 1 aliphatic carbocycles. The number of carbonyl (C=O) groups is 1. The number of halogens is 1. The molecule has 144 valence electrons. The molecule has 4 aromatic rings. The Morgan fingerprint density at radius 1 is 1.07 bits per heavy atom. The first-order valence-electron chi connectivity index (χ1n) is 9.74. The van der Waals surface area contributed by atoms with Crippen molar-refractivity contribution < 1.29 is 9.18 Å². The van der Waals surface area contributed by atoms with E-state index in [0.29, 0.717) is 11.6 Å². The Hall–Kier alpha value is -3.47. The number of hydrogen-bond acceptors (Lipinski definition) is 2. The van der Waals surface area contributed by atoms with Gasteiger partial charge in [-0.25, -0.2) is 9.07 Å². The number of amides is 1. The summed E-state index contributed by atoms with van der Waals surface area (Å²) in [6.07, 6.45) is 3.94. The van der Waals surface area contributed by atoms with Crippen molar-refractivity contribution in [2.75, 3.05) is 0 Å². The molecule has 5 heteroatoms. The highest BCUT2D eigenvalue weighted by atomic mass is 19.1. The molecule has 0 spiro atoms. The molecule has 29 heavy (non-hydrogen) atoms. The Balaban J connectivity index is 1.52. The van der Waals surface area contributed by atoms with E-state index in [1.807, 2.05) is 37.3 Å². The van der Waals surface area contributed by atoms with Gasteiger partial charge in [-0.3, -0.25) is 4.79 Å². The summed E-state index contributed by atoms with van der Waals surface area (Å²) in [5.41, 5.74) is 5.61. The van der Waals surface area contributed by atoms with Crippen molar-refractivity contribution in [3.63, 3.8) is 0 Å². The van der Waals surface area contributed by atoms with Gasteiger partial charge in [0.05, 0.1) is 17.4 Å². The van der Waals surface area contributed by atoms with Gasteiger partial charge < -0.3 is 5.32 Å². The summed E-state index contributed by atoms with van der Waals surface area (Å²) < 4.78 is 15.0. The van der Waals surface area contributed by atoms with E-state index < -0.39 is 0 Å². The molecular weight excluding hydrogens is 365 g/mol. The van der Waals surface area contributed by atoms with Gasteiger partial charge in [-0.05, 0) is 85.0 Å². The highest BCUT2D eigenvalue weighted by Gasteiger charge is 2.24. The zero-order valence-corrected chi connectivity index (χ0v) is 16.0. The number of benzene rings is 3. The van der Waals surface area contributed by atoms with Gasteiger partial charge in [0, 0.05) is 17.0 Å². The maximum absolute atomic E-state index is 13.2. The maximum atomic E-state index is 13.2. The molecule has 0 atom stereocenters. The molecule has 0 aliphatic heterocycles. The van der Waals surface area contributed by atoms with E-state index in [0.717, 1.165) is 46.1 Å². The minimum Gasteiger partial charge on any atom is -0.349 e. The molecule has 1 saturated carbocycles. The summed E-state index contributed by atoms with van der Waals surface area (Å²) in [5, 5.41) is 8.50. The lowest BCUT2D eigenvalue weighted by Crippen LogP contribution is -2.25. The van der Waals surface area contributed by atoms with Crippen LogP contribution in [0.2, 0.25) is 0 Å². The van der Waals surface area contributed by atoms with Crippen molar-refractivity contribution in [2.24, 2.45) is 0 Å². The highest BCUT2D eigenvalue weighted by Crippen LogP contribution is 2.29. The molecule has 3 aromatic carbocycles. The number of nitrogens with zero attached hydrogens (tertiary/aromatic N) is 2. The van der Waals surface area contributed by atoms with Gasteiger partial charge >= 0.3 is 0 Å². The summed E-state index contributed by atoms with van der Waals surface area (Å²) >= 11 is 0. The van der Waals surface area contributed by atoms with E-state index in [1.165, 1.54) is 12.1 Å².